The molecule has 0 saturated heterocycles. The molecule has 0 aliphatic heterocycles. The Kier molecular flexibility index (Phi) is 4.78. The van der Waals surface area contributed by atoms with E-state index in [-0.39, 0.29) is 0 Å². The van der Waals surface area contributed by atoms with Crippen LogP contribution >= 0.6 is 0 Å². The van der Waals surface area contributed by atoms with Crippen molar-refractivity contribution in [2.45, 2.75) is 38.0 Å². The molecule has 1 N–H and O–H groups in total. The third-order valence-electron chi connectivity index (χ3n) is 3.71. The second kappa shape index (κ2) is 6.55. The molecule has 0 amide bonds. The van der Waals surface area contributed by atoms with Crippen LogP contribution in [0.1, 0.15) is 30.4 Å². The van der Waals surface area contributed by atoms with Crippen LogP contribution in [-0.4, -0.2) is 26.4 Å². The van der Waals surface area contributed by atoms with Gasteiger partial charge in [-0.05, 0) is 37.0 Å². The van der Waals surface area contributed by atoms with Crippen LogP contribution in [0.2, 0.25) is 0 Å². The van der Waals surface area contributed by atoms with Crippen LogP contribution in [0.3, 0.4) is 0 Å². The molecule has 1 aromatic rings. The normalized spacial score (nSPS) is 22.2. The first kappa shape index (κ1) is 13.9. The lowest BCUT2D eigenvalue weighted by Crippen LogP contribution is -2.36. The van der Waals surface area contributed by atoms with Crippen molar-refractivity contribution in [3.8, 4) is 11.8 Å². The highest BCUT2D eigenvalue weighted by molar-refractivity contribution is 5.45. The van der Waals surface area contributed by atoms with Gasteiger partial charge in [0.1, 0.15) is 11.8 Å². The van der Waals surface area contributed by atoms with Gasteiger partial charge in [-0.15, -0.1) is 0 Å². The molecule has 102 valence electrons. The molecule has 0 bridgehead atoms. The minimum Gasteiger partial charge on any atom is -0.495 e. The molecule has 1 aliphatic carbocycles. The largest absolute Gasteiger partial charge is 0.495 e. The number of nitriles is 1. The Morgan fingerprint density at radius 3 is 2.89 bits per heavy atom. The number of benzene rings is 1. The summed E-state index contributed by atoms with van der Waals surface area (Å²) in [5.41, 5.74) is 1.69. The average Bonchev–Trinajstić information content (AvgIpc) is 2.92. The van der Waals surface area contributed by atoms with Crippen molar-refractivity contribution in [2.75, 3.05) is 14.2 Å². The maximum atomic E-state index is 8.95. The quantitative estimate of drug-likeness (QED) is 0.882. The van der Waals surface area contributed by atoms with Gasteiger partial charge in [0.25, 0.3) is 0 Å². The highest BCUT2D eigenvalue weighted by atomic mass is 16.5. The van der Waals surface area contributed by atoms with E-state index in [1.54, 1.807) is 20.3 Å². The molecule has 2 unspecified atom stereocenters. The summed E-state index contributed by atoms with van der Waals surface area (Å²) in [6.45, 7) is 0.770. The predicted molar refractivity (Wildman–Crippen MR) is 73.0 cm³/mol. The molecule has 19 heavy (non-hydrogen) atoms. The van der Waals surface area contributed by atoms with E-state index in [1.165, 1.54) is 6.42 Å². The van der Waals surface area contributed by atoms with Gasteiger partial charge < -0.3 is 14.8 Å². The molecule has 0 radical (unpaired) electrons. The van der Waals surface area contributed by atoms with Gasteiger partial charge in [0.05, 0.1) is 18.8 Å². The summed E-state index contributed by atoms with van der Waals surface area (Å²) in [4.78, 5) is 0. The average molecular weight is 260 g/mol. The molecule has 2 rings (SSSR count). The molecule has 1 fully saturated rings. The zero-order valence-electron chi connectivity index (χ0n) is 11.5. The third kappa shape index (κ3) is 3.25. The fraction of sp³-hybridized carbons (Fsp3) is 0.533. The Bertz CT molecular complexity index is 468. The van der Waals surface area contributed by atoms with Gasteiger partial charge in [0, 0.05) is 19.7 Å². The molecule has 4 heteroatoms. The second-order valence-corrected chi connectivity index (χ2v) is 4.84. The Balaban J connectivity index is 1.98. The molecular weight excluding hydrogens is 240 g/mol. The molecule has 4 nitrogen and oxygen atoms in total. The molecule has 1 aliphatic rings. The molecule has 2 atom stereocenters. The summed E-state index contributed by atoms with van der Waals surface area (Å²) in [5, 5.41) is 12.5. The lowest BCUT2D eigenvalue weighted by molar-refractivity contribution is 0.0847. The number of nitrogens with zero attached hydrogens (tertiary/aromatic N) is 1. The van der Waals surface area contributed by atoms with E-state index in [0.717, 1.165) is 24.9 Å². The first-order chi connectivity index (χ1) is 9.28. The van der Waals surface area contributed by atoms with Gasteiger partial charge in [-0.25, -0.2) is 0 Å². The van der Waals surface area contributed by atoms with Crippen molar-refractivity contribution < 1.29 is 9.47 Å². The third-order valence-corrected chi connectivity index (χ3v) is 3.71. The summed E-state index contributed by atoms with van der Waals surface area (Å²) < 4.78 is 10.7. The molecule has 0 heterocycles. The summed E-state index contributed by atoms with van der Waals surface area (Å²) >= 11 is 0. The molecular formula is C15H20N2O2. The van der Waals surface area contributed by atoms with Crippen LogP contribution in [0.15, 0.2) is 18.2 Å². The highest BCUT2D eigenvalue weighted by Crippen LogP contribution is 2.23. The summed E-state index contributed by atoms with van der Waals surface area (Å²) in [6.07, 6.45) is 3.82. The van der Waals surface area contributed by atoms with Crippen molar-refractivity contribution in [3.63, 3.8) is 0 Å². The van der Waals surface area contributed by atoms with Gasteiger partial charge in [-0.2, -0.15) is 5.26 Å². The van der Waals surface area contributed by atoms with E-state index in [9.17, 15) is 0 Å². The fourth-order valence-corrected chi connectivity index (χ4v) is 2.63. The Morgan fingerprint density at radius 2 is 2.21 bits per heavy atom. The smallest absolute Gasteiger partial charge is 0.136 e. The minimum absolute atomic E-state index is 0.320. The van der Waals surface area contributed by atoms with E-state index in [2.05, 4.69) is 11.4 Å². The van der Waals surface area contributed by atoms with Gasteiger partial charge >= 0.3 is 0 Å². The maximum absolute atomic E-state index is 8.95. The summed E-state index contributed by atoms with van der Waals surface area (Å²) in [5.74, 6) is 0.636. The number of hydrogen-bond acceptors (Lipinski definition) is 4. The number of hydrogen-bond donors (Lipinski definition) is 1. The van der Waals surface area contributed by atoms with Crippen LogP contribution in [0, 0.1) is 11.3 Å². The van der Waals surface area contributed by atoms with Crippen molar-refractivity contribution in [1.29, 1.82) is 5.26 Å². The zero-order chi connectivity index (χ0) is 13.7. The minimum atomic E-state index is 0.320. The lowest BCUT2D eigenvalue weighted by atomic mass is 10.1. The number of methoxy groups -OCH3 is 2. The van der Waals surface area contributed by atoms with Crippen LogP contribution < -0.4 is 10.1 Å². The van der Waals surface area contributed by atoms with E-state index >= 15 is 0 Å². The van der Waals surface area contributed by atoms with E-state index in [1.807, 2.05) is 12.1 Å². The van der Waals surface area contributed by atoms with Crippen molar-refractivity contribution in [2.24, 2.45) is 0 Å². The summed E-state index contributed by atoms with van der Waals surface area (Å²) in [7, 11) is 3.36. The predicted octanol–water partition coefficient (Wildman–Crippen LogP) is 2.22. The second-order valence-electron chi connectivity index (χ2n) is 4.84. The van der Waals surface area contributed by atoms with Gasteiger partial charge in [-0.1, -0.05) is 6.07 Å². The summed E-state index contributed by atoms with van der Waals surface area (Å²) in [6, 6.07) is 8.23. The van der Waals surface area contributed by atoms with E-state index in [4.69, 9.17) is 14.7 Å². The van der Waals surface area contributed by atoms with Crippen molar-refractivity contribution in [3.05, 3.63) is 29.3 Å². The van der Waals surface area contributed by atoms with Gasteiger partial charge in [0.15, 0.2) is 0 Å². The Labute approximate surface area is 114 Å². The Hall–Kier alpha value is -1.57. The van der Waals surface area contributed by atoms with Crippen LogP contribution in [0.4, 0.5) is 0 Å². The first-order valence-electron chi connectivity index (χ1n) is 6.61. The van der Waals surface area contributed by atoms with Crippen LogP contribution in [0.25, 0.3) is 0 Å². The van der Waals surface area contributed by atoms with Crippen LogP contribution in [-0.2, 0) is 11.3 Å². The monoisotopic (exact) mass is 260 g/mol. The van der Waals surface area contributed by atoms with Gasteiger partial charge in [0.2, 0.25) is 0 Å². The molecule has 0 aromatic heterocycles. The first-order valence-corrected chi connectivity index (χ1v) is 6.61. The number of ether oxygens (including phenoxy) is 2. The topological polar surface area (TPSA) is 54.3 Å². The van der Waals surface area contributed by atoms with E-state index < -0.39 is 0 Å². The SMILES string of the molecule is COc1cc(CNC2CCCC2OC)ccc1C#N. The maximum Gasteiger partial charge on any atom is 0.136 e. The molecule has 1 aromatic carbocycles. The molecule has 0 spiro atoms. The lowest BCUT2D eigenvalue weighted by Gasteiger charge is -2.19. The van der Waals surface area contributed by atoms with Crippen molar-refractivity contribution in [1.82, 2.24) is 5.32 Å². The standard InChI is InChI=1S/C15H20N2O2/c1-18-14-5-3-4-13(14)17-10-11-6-7-12(9-16)15(8-11)19-2/h6-8,13-14,17H,3-5,10H2,1-2H3. The fourth-order valence-electron chi connectivity index (χ4n) is 2.63. The number of nitrogens with one attached hydrogen (secondary N) is 1. The van der Waals surface area contributed by atoms with Crippen molar-refractivity contribution >= 4 is 0 Å². The molecule has 1 saturated carbocycles. The number of rotatable bonds is 5. The highest BCUT2D eigenvalue weighted by Gasteiger charge is 2.26. The van der Waals surface area contributed by atoms with Crippen LogP contribution in [0.5, 0.6) is 5.75 Å². The zero-order valence-corrected chi connectivity index (χ0v) is 11.5. The van der Waals surface area contributed by atoms with E-state index in [0.29, 0.717) is 23.5 Å². The Morgan fingerprint density at radius 1 is 1.37 bits per heavy atom. The van der Waals surface area contributed by atoms with Gasteiger partial charge in [-0.3, -0.25) is 0 Å².